The number of aromatic nitrogens is 2. The minimum atomic E-state index is -4.28. The van der Waals surface area contributed by atoms with Crippen LogP contribution >= 0.6 is 0 Å². The lowest BCUT2D eigenvalue weighted by Gasteiger charge is -2.29. The summed E-state index contributed by atoms with van der Waals surface area (Å²) in [6, 6.07) is 2.46. The Kier molecular flexibility index (Phi) is 5.17. The third-order valence-corrected chi connectivity index (χ3v) is 6.11. The van der Waals surface area contributed by atoms with Crippen LogP contribution in [-0.4, -0.2) is 41.2 Å². The van der Waals surface area contributed by atoms with Crippen molar-refractivity contribution in [2.75, 3.05) is 11.9 Å². The Morgan fingerprint density at radius 1 is 1.45 bits per heavy atom. The van der Waals surface area contributed by atoms with Crippen LogP contribution in [0.5, 0.6) is 0 Å². The van der Waals surface area contributed by atoms with E-state index >= 15 is 0 Å². The highest BCUT2D eigenvalue weighted by Crippen LogP contribution is 2.31. The molecule has 3 heterocycles. The Labute approximate surface area is 165 Å². The quantitative estimate of drug-likeness (QED) is 0.759. The van der Waals surface area contributed by atoms with Crippen molar-refractivity contribution in [3.63, 3.8) is 0 Å². The number of nitriles is 1. The maximum atomic E-state index is 13.4. The van der Waals surface area contributed by atoms with E-state index in [1.54, 1.807) is 6.07 Å². The molecule has 12 heteroatoms. The molecule has 0 radical (unpaired) electrons. The van der Waals surface area contributed by atoms with Gasteiger partial charge in [0.2, 0.25) is 5.91 Å². The third-order valence-electron chi connectivity index (χ3n) is 4.20. The van der Waals surface area contributed by atoms with Gasteiger partial charge in [0.15, 0.2) is 5.82 Å². The number of urea groups is 1. The third kappa shape index (κ3) is 3.72. The van der Waals surface area contributed by atoms with E-state index in [-0.39, 0.29) is 27.5 Å². The zero-order valence-electron chi connectivity index (χ0n) is 15.3. The largest absolute Gasteiger partial charge is 0.346 e. The molecule has 2 N–H and O–H groups in total. The fraction of sp³-hybridized carbons (Fsp3) is 0.235. The van der Waals surface area contributed by atoms with E-state index in [0.717, 1.165) is 6.20 Å². The first-order valence-corrected chi connectivity index (χ1v) is 9.73. The van der Waals surface area contributed by atoms with Gasteiger partial charge in [0.1, 0.15) is 17.5 Å². The number of anilines is 1. The molecule has 3 amide bonds. The zero-order chi connectivity index (χ0) is 21.3. The van der Waals surface area contributed by atoms with E-state index < -0.39 is 40.4 Å². The first-order valence-electron chi connectivity index (χ1n) is 8.29. The van der Waals surface area contributed by atoms with Crippen molar-refractivity contribution >= 4 is 27.6 Å². The number of pyridine rings is 2. The minimum Gasteiger partial charge on any atom is -0.346 e. The predicted molar refractivity (Wildman–Crippen MR) is 97.4 cm³/mol. The standard InChI is InChI=1S/C17H15FN6O4S/c1-9(14-5-11(6-19)12(18)7-21-14)22-15(25)8-24-17(26)23-13-3-4-20-10(2)16(13)29(24,27)28/h3-5,7,9H,8H2,1-2H3,(H,22,25)(H,23,26)/t9-/m0/s1. The molecule has 0 aromatic carbocycles. The Balaban J connectivity index is 1.79. The number of sulfonamides is 1. The summed E-state index contributed by atoms with van der Waals surface area (Å²) in [5, 5.41) is 13.8. The van der Waals surface area contributed by atoms with Crippen molar-refractivity contribution in [3.8, 4) is 6.07 Å². The second kappa shape index (κ2) is 7.44. The van der Waals surface area contributed by atoms with Crippen LogP contribution in [0.1, 0.15) is 29.9 Å². The summed E-state index contributed by atoms with van der Waals surface area (Å²) >= 11 is 0. The summed E-state index contributed by atoms with van der Waals surface area (Å²) < 4.78 is 39.4. The van der Waals surface area contributed by atoms with Gasteiger partial charge in [-0.25, -0.2) is 21.9 Å². The highest BCUT2D eigenvalue weighted by atomic mass is 32.2. The van der Waals surface area contributed by atoms with Gasteiger partial charge in [-0.2, -0.15) is 5.26 Å². The fourth-order valence-electron chi connectivity index (χ4n) is 2.80. The summed E-state index contributed by atoms with van der Waals surface area (Å²) in [6.45, 7) is 2.22. The minimum absolute atomic E-state index is 0.0899. The van der Waals surface area contributed by atoms with Gasteiger partial charge < -0.3 is 10.6 Å². The van der Waals surface area contributed by atoms with E-state index in [1.165, 1.54) is 32.2 Å². The Hall–Kier alpha value is -3.59. The number of hydrogen-bond donors (Lipinski definition) is 2. The van der Waals surface area contributed by atoms with E-state index in [4.69, 9.17) is 5.26 Å². The van der Waals surface area contributed by atoms with Crippen LogP contribution in [0, 0.1) is 24.1 Å². The molecule has 0 saturated heterocycles. The number of carbonyl (C=O) groups excluding carboxylic acids is 2. The van der Waals surface area contributed by atoms with Gasteiger partial charge in [-0.15, -0.1) is 0 Å². The Bertz CT molecular complexity index is 1160. The number of carbonyl (C=O) groups is 2. The number of aryl methyl sites for hydroxylation is 1. The van der Waals surface area contributed by atoms with Crippen molar-refractivity contribution in [2.24, 2.45) is 0 Å². The van der Waals surface area contributed by atoms with Crippen LogP contribution in [0.2, 0.25) is 0 Å². The summed E-state index contributed by atoms with van der Waals surface area (Å²) in [7, 11) is -4.28. The average Bonchev–Trinajstić information content (AvgIpc) is 2.65. The topological polar surface area (TPSA) is 145 Å². The van der Waals surface area contributed by atoms with E-state index in [2.05, 4.69) is 20.6 Å². The van der Waals surface area contributed by atoms with Crippen LogP contribution < -0.4 is 10.6 Å². The molecule has 10 nitrogen and oxygen atoms in total. The lowest BCUT2D eigenvalue weighted by molar-refractivity contribution is -0.121. The molecule has 2 aromatic heterocycles. The predicted octanol–water partition coefficient (Wildman–Crippen LogP) is 1.21. The molecule has 3 rings (SSSR count). The Morgan fingerprint density at radius 3 is 2.86 bits per heavy atom. The van der Waals surface area contributed by atoms with E-state index in [1.807, 2.05) is 0 Å². The van der Waals surface area contributed by atoms with Crippen LogP contribution in [-0.2, 0) is 14.8 Å². The van der Waals surface area contributed by atoms with Crippen LogP contribution in [0.15, 0.2) is 29.4 Å². The maximum Gasteiger partial charge on any atom is 0.336 e. The number of nitrogens with one attached hydrogen (secondary N) is 2. The molecule has 0 bridgehead atoms. The molecule has 2 aromatic rings. The lowest BCUT2D eigenvalue weighted by Crippen LogP contribution is -2.49. The zero-order valence-corrected chi connectivity index (χ0v) is 16.1. The summed E-state index contributed by atoms with van der Waals surface area (Å²) in [5.41, 5.74) is 0.231. The van der Waals surface area contributed by atoms with Gasteiger partial charge in [0, 0.05) is 6.20 Å². The van der Waals surface area contributed by atoms with Crippen LogP contribution in [0.3, 0.4) is 0 Å². The first-order chi connectivity index (χ1) is 13.6. The van der Waals surface area contributed by atoms with Gasteiger partial charge in [-0.1, -0.05) is 0 Å². The summed E-state index contributed by atoms with van der Waals surface area (Å²) in [6.07, 6.45) is 2.21. The molecule has 1 atom stereocenters. The molecule has 0 fully saturated rings. The maximum absolute atomic E-state index is 13.4. The number of halogens is 1. The highest BCUT2D eigenvalue weighted by molar-refractivity contribution is 7.90. The number of hydrogen-bond acceptors (Lipinski definition) is 7. The summed E-state index contributed by atoms with van der Waals surface area (Å²) in [4.78, 5) is 32.2. The monoisotopic (exact) mass is 418 g/mol. The van der Waals surface area contributed by atoms with Gasteiger partial charge in [0.25, 0.3) is 10.0 Å². The van der Waals surface area contributed by atoms with Crippen molar-refractivity contribution < 1.29 is 22.4 Å². The fourth-order valence-corrected chi connectivity index (χ4v) is 4.39. The first kappa shape index (κ1) is 20.2. The molecule has 0 unspecified atom stereocenters. The SMILES string of the molecule is Cc1nccc2c1S(=O)(=O)N(CC(=O)N[C@@H](C)c1cc(C#N)c(F)cn1)C(=O)N2. The average molecular weight is 418 g/mol. The number of rotatable bonds is 4. The molecule has 0 spiro atoms. The summed E-state index contributed by atoms with van der Waals surface area (Å²) in [5.74, 6) is -1.58. The second-order valence-corrected chi connectivity index (χ2v) is 8.00. The number of fused-ring (bicyclic) bond motifs is 1. The van der Waals surface area contributed by atoms with E-state index in [0.29, 0.717) is 4.31 Å². The van der Waals surface area contributed by atoms with Crippen molar-refractivity contribution in [1.82, 2.24) is 19.6 Å². The van der Waals surface area contributed by atoms with Crippen molar-refractivity contribution in [2.45, 2.75) is 24.8 Å². The van der Waals surface area contributed by atoms with E-state index in [9.17, 15) is 22.4 Å². The van der Waals surface area contributed by atoms with Crippen molar-refractivity contribution in [3.05, 3.63) is 47.3 Å². The molecule has 29 heavy (non-hydrogen) atoms. The molecule has 1 aliphatic rings. The molecule has 0 aliphatic carbocycles. The Morgan fingerprint density at radius 2 is 2.17 bits per heavy atom. The number of nitrogens with zero attached hydrogens (tertiary/aromatic N) is 4. The highest BCUT2D eigenvalue weighted by Gasteiger charge is 2.39. The number of amides is 3. The van der Waals surface area contributed by atoms with Gasteiger partial charge in [0.05, 0.1) is 34.9 Å². The van der Waals surface area contributed by atoms with Crippen LogP contribution in [0.25, 0.3) is 0 Å². The van der Waals surface area contributed by atoms with Crippen molar-refractivity contribution in [1.29, 1.82) is 5.26 Å². The molecule has 1 aliphatic heterocycles. The normalized spacial score (nSPS) is 15.7. The van der Waals surface area contributed by atoms with Gasteiger partial charge >= 0.3 is 6.03 Å². The molecule has 150 valence electrons. The van der Waals surface area contributed by atoms with Gasteiger partial charge in [-0.3, -0.25) is 14.8 Å². The second-order valence-electron chi connectivity index (χ2n) is 6.20. The molecular formula is C17H15FN6O4S. The molecular weight excluding hydrogens is 403 g/mol. The van der Waals surface area contributed by atoms with Gasteiger partial charge in [-0.05, 0) is 26.0 Å². The molecule has 0 saturated carbocycles. The lowest BCUT2D eigenvalue weighted by atomic mass is 10.1. The van der Waals surface area contributed by atoms with Crippen LogP contribution in [0.4, 0.5) is 14.9 Å². The smallest absolute Gasteiger partial charge is 0.336 e.